The molecule has 0 unspecified atom stereocenters. The lowest BCUT2D eigenvalue weighted by atomic mass is 10.1. The smallest absolute Gasteiger partial charge is 0.343 e. The molecule has 1 aliphatic rings. The highest BCUT2D eigenvalue weighted by Crippen LogP contribution is 2.41. The SMILES string of the molecule is COC(=O)c1cc2cncn2nc1Oc1cccc(C2CC2)c1. The Hall–Kier alpha value is -2.89. The number of aromatic nitrogens is 3. The summed E-state index contributed by atoms with van der Waals surface area (Å²) in [7, 11) is 1.33. The first-order valence-corrected chi connectivity index (χ1v) is 7.44. The molecule has 0 spiro atoms. The van der Waals surface area contributed by atoms with E-state index >= 15 is 0 Å². The van der Waals surface area contributed by atoms with Crippen LogP contribution in [-0.4, -0.2) is 27.7 Å². The van der Waals surface area contributed by atoms with E-state index < -0.39 is 5.97 Å². The maximum atomic E-state index is 12.0. The number of imidazole rings is 1. The normalized spacial score (nSPS) is 14.0. The van der Waals surface area contributed by atoms with E-state index in [4.69, 9.17) is 9.47 Å². The molecule has 23 heavy (non-hydrogen) atoms. The highest BCUT2D eigenvalue weighted by atomic mass is 16.5. The van der Waals surface area contributed by atoms with E-state index in [1.165, 1.54) is 25.5 Å². The molecule has 1 fully saturated rings. The Morgan fingerprint density at radius 2 is 2.17 bits per heavy atom. The fourth-order valence-corrected chi connectivity index (χ4v) is 2.54. The van der Waals surface area contributed by atoms with E-state index in [0.29, 0.717) is 17.2 Å². The number of ether oxygens (including phenoxy) is 2. The fourth-order valence-electron chi connectivity index (χ4n) is 2.54. The predicted molar refractivity (Wildman–Crippen MR) is 82.8 cm³/mol. The fraction of sp³-hybridized carbons (Fsp3) is 0.235. The van der Waals surface area contributed by atoms with Crippen LogP contribution in [0, 0.1) is 0 Å². The van der Waals surface area contributed by atoms with Gasteiger partial charge in [0.1, 0.15) is 17.6 Å². The van der Waals surface area contributed by atoms with Gasteiger partial charge in [0.25, 0.3) is 5.88 Å². The highest BCUT2D eigenvalue weighted by Gasteiger charge is 2.24. The van der Waals surface area contributed by atoms with E-state index in [1.54, 1.807) is 23.1 Å². The number of rotatable bonds is 4. The lowest BCUT2D eigenvalue weighted by Gasteiger charge is -2.10. The van der Waals surface area contributed by atoms with Crippen molar-refractivity contribution in [3.8, 4) is 11.6 Å². The molecule has 1 aliphatic carbocycles. The summed E-state index contributed by atoms with van der Waals surface area (Å²) in [6.45, 7) is 0. The first-order chi connectivity index (χ1) is 11.2. The van der Waals surface area contributed by atoms with Gasteiger partial charge in [-0.25, -0.2) is 14.3 Å². The Morgan fingerprint density at radius 3 is 2.96 bits per heavy atom. The molecule has 0 aliphatic heterocycles. The molecule has 2 heterocycles. The Bertz CT molecular complexity index is 884. The molecule has 6 heteroatoms. The van der Waals surface area contributed by atoms with Crippen LogP contribution in [0.1, 0.15) is 34.7 Å². The van der Waals surface area contributed by atoms with Crippen LogP contribution < -0.4 is 4.74 Å². The van der Waals surface area contributed by atoms with Crippen LogP contribution in [0.3, 0.4) is 0 Å². The molecule has 6 nitrogen and oxygen atoms in total. The average Bonchev–Trinajstić information content (AvgIpc) is 3.33. The Balaban J connectivity index is 1.74. The van der Waals surface area contributed by atoms with Gasteiger partial charge in [-0.15, -0.1) is 5.10 Å². The standard InChI is InChI=1S/C17H15N3O3/c1-22-17(21)15-8-13-9-18-10-20(13)19-16(15)23-14-4-2-3-12(7-14)11-5-6-11/h2-4,7-11H,5-6H2,1H3. The monoisotopic (exact) mass is 309 g/mol. The van der Waals surface area contributed by atoms with Gasteiger partial charge in [-0.1, -0.05) is 12.1 Å². The van der Waals surface area contributed by atoms with Crippen molar-refractivity contribution in [3.63, 3.8) is 0 Å². The summed E-state index contributed by atoms with van der Waals surface area (Å²) in [5, 5.41) is 4.32. The molecular weight excluding hydrogens is 294 g/mol. The van der Waals surface area contributed by atoms with Gasteiger partial charge in [0, 0.05) is 0 Å². The van der Waals surface area contributed by atoms with Crippen molar-refractivity contribution in [2.75, 3.05) is 7.11 Å². The zero-order valence-electron chi connectivity index (χ0n) is 12.6. The maximum Gasteiger partial charge on any atom is 0.343 e. The predicted octanol–water partition coefficient (Wildman–Crippen LogP) is 3.19. The molecule has 4 rings (SSSR count). The van der Waals surface area contributed by atoms with Crippen LogP contribution in [0.25, 0.3) is 5.52 Å². The van der Waals surface area contributed by atoms with E-state index in [9.17, 15) is 4.79 Å². The van der Waals surface area contributed by atoms with Gasteiger partial charge in [-0.3, -0.25) is 0 Å². The minimum atomic E-state index is -0.491. The molecule has 2 aromatic heterocycles. The largest absolute Gasteiger partial charge is 0.465 e. The van der Waals surface area contributed by atoms with E-state index in [2.05, 4.69) is 16.1 Å². The Kier molecular flexibility index (Phi) is 3.22. The summed E-state index contributed by atoms with van der Waals surface area (Å²) in [6, 6.07) is 9.56. The minimum absolute atomic E-state index is 0.204. The first kappa shape index (κ1) is 13.8. The second-order valence-corrected chi connectivity index (χ2v) is 5.57. The average molecular weight is 309 g/mol. The number of nitrogens with zero attached hydrogens (tertiary/aromatic N) is 3. The third kappa shape index (κ3) is 2.63. The molecule has 3 aromatic rings. The number of fused-ring (bicyclic) bond motifs is 1. The van der Waals surface area contributed by atoms with Crippen LogP contribution >= 0.6 is 0 Å². The molecule has 1 saturated carbocycles. The van der Waals surface area contributed by atoms with Gasteiger partial charge < -0.3 is 9.47 Å². The Morgan fingerprint density at radius 1 is 1.30 bits per heavy atom. The quantitative estimate of drug-likeness (QED) is 0.692. The zero-order chi connectivity index (χ0) is 15.8. The van der Waals surface area contributed by atoms with Crippen LogP contribution in [0.15, 0.2) is 42.9 Å². The third-order valence-corrected chi connectivity index (χ3v) is 3.90. The summed E-state index contributed by atoms with van der Waals surface area (Å²) in [5.74, 6) is 0.999. The molecule has 0 N–H and O–H groups in total. The van der Waals surface area contributed by atoms with Crippen molar-refractivity contribution >= 4 is 11.5 Å². The molecule has 0 radical (unpaired) electrons. The third-order valence-electron chi connectivity index (χ3n) is 3.90. The number of carbonyl (C=O) groups is 1. The second kappa shape index (κ2) is 5.39. The van der Waals surface area contributed by atoms with Crippen LogP contribution in [-0.2, 0) is 4.74 Å². The summed E-state index contributed by atoms with van der Waals surface area (Å²) in [5.41, 5.74) is 2.23. The van der Waals surface area contributed by atoms with Crippen molar-refractivity contribution in [2.45, 2.75) is 18.8 Å². The molecule has 116 valence electrons. The molecule has 0 bridgehead atoms. The second-order valence-electron chi connectivity index (χ2n) is 5.57. The van der Waals surface area contributed by atoms with Gasteiger partial charge in [-0.05, 0) is 42.5 Å². The topological polar surface area (TPSA) is 65.7 Å². The lowest BCUT2D eigenvalue weighted by Crippen LogP contribution is -2.07. The van der Waals surface area contributed by atoms with Gasteiger partial charge in [0.2, 0.25) is 0 Å². The molecule has 0 amide bonds. The highest BCUT2D eigenvalue weighted by molar-refractivity contribution is 5.93. The number of hydrogen-bond acceptors (Lipinski definition) is 5. The maximum absolute atomic E-state index is 12.0. The van der Waals surface area contributed by atoms with E-state index in [1.807, 2.05) is 18.2 Å². The van der Waals surface area contributed by atoms with Gasteiger partial charge in [0.05, 0.1) is 18.8 Å². The van der Waals surface area contributed by atoms with Crippen molar-refractivity contribution in [3.05, 3.63) is 54.0 Å². The number of methoxy groups -OCH3 is 1. The molecular formula is C17H15N3O3. The van der Waals surface area contributed by atoms with E-state index in [-0.39, 0.29) is 11.4 Å². The summed E-state index contributed by atoms with van der Waals surface area (Å²) in [6.07, 6.45) is 5.62. The van der Waals surface area contributed by atoms with Crippen LogP contribution in [0.2, 0.25) is 0 Å². The minimum Gasteiger partial charge on any atom is -0.465 e. The lowest BCUT2D eigenvalue weighted by molar-refractivity contribution is 0.0597. The van der Waals surface area contributed by atoms with Gasteiger partial charge >= 0.3 is 5.97 Å². The number of hydrogen-bond donors (Lipinski definition) is 0. The summed E-state index contributed by atoms with van der Waals surface area (Å²) in [4.78, 5) is 16.0. The van der Waals surface area contributed by atoms with Crippen molar-refractivity contribution in [2.24, 2.45) is 0 Å². The van der Waals surface area contributed by atoms with Crippen molar-refractivity contribution < 1.29 is 14.3 Å². The summed E-state index contributed by atoms with van der Waals surface area (Å²) >= 11 is 0. The molecule has 0 saturated heterocycles. The zero-order valence-corrected chi connectivity index (χ0v) is 12.6. The number of carbonyl (C=O) groups excluding carboxylic acids is 1. The first-order valence-electron chi connectivity index (χ1n) is 7.44. The number of esters is 1. The van der Waals surface area contributed by atoms with E-state index in [0.717, 1.165) is 0 Å². The van der Waals surface area contributed by atoms with Crippen molar-refractivity contribution in [1.82, 2.24) is 14.6 Å². The number of benzene rings is 1. The van der Waals surface area contributed by atoms with Gasteiger partial charge in [-0.2, -0.15) is 0 Å². The van der Waals surface area contributed by atoms with Crippen LogP contribution in [0.5, 0.6) is 11.6 Å². The molecule has 1 aromatic carbocycles. The molecule has 0 atom stereocenters. The summed E-state index contributed by atoms with van der Waals surface area (Å²) < 4.78 is 12.3. The Labute approximate surface area is 132 Å². The van der Waals surface area contributed by atoms with Gasteiger partial charge in [0.15, 0.2) is 0 Å². The van der Waals surface area contributed by atoms with Crippen molar-refractivity contribution in [1.29, 1.82) is 0 Å². The van der Waals surface area contributed by atoms with Crippen LogP contribution in [0.4, 0.5) is 0 Å².